The highest BCUT2D eigenvalue weighted by molar-refractivity contribution is 5.97. The van der Waals surface area contributed by atoms with Crippen molar-refractivity contribution in [3.63, 3.8) is 0 Å². The van der Waals surface area contributed by atoms with E-state index in [1.165, 1.54) is 4.90 Å². The second-order valence-corrected chi connectivity index (χ2v) is 8.28. The van der Waals surface area contributed by atoms with Gasteiger partial charge in [0.05, 0.1) is 0 Å². The minimum atomic E-state index is -0.667. The molecule has 0 aliphatic carbocycles. The number of primary amides is 1. The molecule has 2 aromatic rings. The first-order valence-corrected chi connectivity index (χ1v) is 9.54. The molecule has 0 aliphatic heterocycles. The van der Waals surface area contributed by atoms with Crippen LogP contribution in [0, 0.1) is 0 Å². The molecule has 0 bridgehead atoms. The van der Waals surface area contributed by atoms with Gasteiger partial charge in [-0.1, -0.05) is 45.0 Å². The van der Waals surface area contributed by atoms with Crippen LogP contribution in [0.25, 0.3) is 0 Å². The van der Waals surface area contributed by atoms with Crippen LogP contribution < -0.4 is 11.1 Å². The van der Waals surface area contributed by atoms with Crippen LogP contribution in [-0.2, 0) is 16.8 Å². The summed E-state index contributed by atoms with van der Waals surface area (Å²) in [6.07, 6.45) is 0. The largest absolute Gasteiger partial charge is 0.366 e. The first-order valence-electron chi connectivity index (χ1n) is 9.54. The molecule has 1 unspecified atom stereocenters. The van der Waals surface area contributed by atoms with Crippen LogP contribution >= 0.6 is 0 Å². The van der Waals surface area contributed by atoms with Gasteiger partial charge in [-0.15, -0.1) is 0 Å². The number of hydrogen-bond donors (Lipinski definition) is 2. The van der Waals surface area contributed by atoms with Gasteiger partial charge < -0.3 is 16.0 Å². The number of benzene rings is 2. The summed E-state index contributed by atoms with van der Waals surface area (Å²) in [6, 6.07) is 13.5. The smallest absolute Gasteiger partial charge is 0.251 e. The Bertz CT molecular complexity index is 881. The lowest BCUT2D eigenvalue weighted by molar-refractivity contribution is -0.132. The SMILES string of the molecule is CC(NC(=O)c1ccc(C(C)(C)C)cc1)C(=O)N(C)Cc1ccc(C(N)=O)cc1. The maximum absolute atomic E-state index is 12.6. The van der Waals surface area contributed by atoms with Crippen molar-refractivity contribution in [3.05, 3.63) is 70.8 Å². The quantitative estimate of drug-likeness (QED) is 0.788. The molecule has 6 heteroatoms. The molecule has 3 amide bonds. The highest BCUT2D eigenvalue weighted by Gasteiger charge is 2.21. The number of nitrogens with two attached hydrogens (primary N) is 1. The normalized spacial score (nSPS) is 12.2. The van der Waals surface area contributed by atoms with Crippen molar-refractivity contribution in [2.75, 3.05) is 7.05 Å². The monoisotopic (exact) mass is 395 g/mol. The van der Waals surface area contributed by atoms with Gasteiger partial charge in [0.2, 0.25) is 11.8 Å². The average molecular weight is 396 g/mol. The van der Waals surface area contributed by atoms with Crippen LogP contribution in [-0.4, -0.2) is 35.7 Å². The minimum Gasteiger partial charge on any atom is -0.366 e. The molecule has 0 aliphatic rings. The highest BCUT2D eigenvalue weighted by Crippen LogP contribution is 2.22. The van der Waals surface area contributed by atoms with Gasteiger partial charge in [0.1, 0.15) is 6.04 Å². The summed E-state index contributed by atoms with van der Waals surface area (Å²) in [5, 5.41) is 2.75. The average Bonchev–Trinajstić information content (AvgIpc) is 2.67. The number of likely N-dealkylation sites (N-methyl/N-ethyl adjacent to an activating group) is 1. The fourth-order valence-electron chi connectivity index (χ4n) is 2.92. The van der Waals surface area contributed by atoms with Crippen LogP contribution in [0.1, 0.15) is 59.5 Å². The summed E-state index contributed by atoms with van der Waals surface area (Å²) in [4.78, 5) is 37.8. The molecule has 0 saturated carbocycles. The lowest BCUT2D eigenvalue weighted by Gasteiger charge is -2.23. The maximum Gasteiger partial charge on any atom is 0.251 e. The number of amides is 3. The summed E-state index contributed by atoms with van der Waals surface area (Å²) in [6.45, 7) is 8.36. The topological polar surface area (TPSA) is 92.5 Å². The van der Waals surface area contributed by atoms with Crippen molar-refractivity contribution in [1.29, 1.82) is 0 Å². The molecule has 0 saturated heterocycles. The number of nitrogens with one attached hydrogen (secondary N) is 1. The first kappa shape index (κ1) is 22.1. The Hall–Kier alpha value is -3.15. The molecular formula is C23H29N3O3. The van der Waals surface area contributed by atoms with Gasteiger partial charge in [-0.3, -0.25) is 14.4 Å². The highest BCUT2D eigenvalue weighted by atomic mass is 16.2. The van der Waals surface area contributed by atoms with Gasteiger partial charge in [0.25, 0.3) is 5.91 Å². The Labute approximate surface area is 172 Å². The van der Waals surface area contributed by atoms with Crippen molar-refractivity contribution >= 4 is 17.7 Å². The molecule has 0 fully saturated rings. The van der Waals surface area contributed by atoms with Gasteiger partial charge in [-0.2, -0.15) is 0 Å². The molecule has 154 valence electrons. The lowest BCUT2D eigenvalue weighted by Crippen LogP contribution is -2.45. The van der Waals surface area contributed by atoms with E-state index in [1.54, 1.807) is 50.4 Å². The van der Waals surface area contributed by atoms with Crippen molar-refractivity contribution in [3.8, 4) is 0 Å². The van der Waals surface area contributed by atoms with E-state index in [0.29, 0.717) is 17.7 Å². The van der Waals surface area contributed by atoms with Gasteiger partial charge in [0.15, 0.2) is 0 Å². The molecule has 0 spiro atoms. The van der Waals surface area contributed by atoms with Gasteiger partial charge in [0, 0.05) is 24.7 Å². The third-order valence-corrected chi connectivity index (χ3v) is 4.77. The van der Waals surface area contributed by atoms with Gasteiger partial charge in [-0.25, -0.2) is 0 Å². The zero-order valence-corrected chi connectivity index (χ0v) is 17.7. The molecule has 0 radical (unpaired) electrons. The fraction of sp³-hybridized carbons (Fsp3) is 0.348. The van der Waals surface area contributed by atoms with Crippen molar-refractivity contribution in [2.24, 2.45) is 5.73 Å². The third-order valence-electron chi connectivity index (χ3n) is 4.77. The molecule has 1 atom stereocenters. The van der Waals surface area contributed by atoms with E-state index in [9.17, 15) is 14.4 Å². The molecule has 6 nitrogen and oxygen atoms in total. The molecule has 2 rings (SSSR count). The standard InChI is InChI=1S/C23H29N3O3/c1-15(25-21(28)18-10-12-19(13-11-18)23(2,3)4)22(29)26(5)14-16-6-8-17(9-7-16)20(24)27/h6-13,15H,14H2,1-5H3,(H2,24,27)(H,25,28). The van der Waals surface area contributed by atoms with Gasteiger partial charge in [-0.05, 0) is 47.7 Å². The van der Waals surface area contributed by atoms with E-state index in [4.69, 9.17) is 5.73 Å². The van der Waals surface area contributed by atoms with Crippen molar-refractivity contribution in [1.82, 2.24) is 10.2 Å². The maximum atomic E-state index is 12.6. The predicted octanol–water partition coefficient (Wildman–Crippen LogP) is 2.86. The molecule has 29 heavy (non-hydrogen) atoms. The Kier molecular flexibility index (Phi) is 6.80. The van der Waals surface area contributed by atoms with E-state index in [1.807, 2.05) is 12.1 Å². The summed E-state index contributed by atoms with van der Waals surface area (Å²) in [5.41, 5.74) is 8.18. The van der Waals surface area contributed by atoms with Crippen LogP contribution in [0.3, 0.4) is 0 Å². The molecule has 0 aromatic heterocycles. The second-order valence-electron chi connectivity index (χ2n) is 8.28. The Morgan fingerprint density at radius 3 is 1.97 bits per heavy atom. The van der Waals surface area contributed by atoms with Crippen LogP contribution in [0.4, 0.5) is 0 Å². The number of carbonyl (C=O) groups is 3. The summed E-state index contributed by atoms with van der Waals surface area (Å²) in [7, 11) is 1.67. The van der Waals surface area contributed by atoms with E-state index < -0.39 is 11.9 Å². The summed E-state index contributed by atoms with van der Waals surface area (Å²) >= 11 is 0. The Balaban J connectivity index is 1.96. The van der Waals surface area contributed by atoms with Crippen LogP contribution in [0.2, 0.25) is 0 Å². The Morgan fingerprint density at radius 2 is 1.48 bits per heavy atom. The molecule has 0 heterocycles. The van der Waals surface area contributed by atoms with E-state index in [-0.39, 0.29) is 17.2 Å². The second kappa shape index (κ2) is 8.90. The predicted molar refractivity (Wildman–Crippen MR) is 114 cm³/mol. The van der Waals surface area contributed by atoms with E-state index >= 15 is 0 Å². The van der Waals surface area contributed by atoms with Crippen LogP contribution in [0.15, 0.2) is 48.5 Å². The summed E-state index contributed by atoms with van der Waals surface area (Å²) in [5.74, 6) is -0.984. The van der Waals surface area contributed by atoms with Crippen molar-refractivity contribution in [2.45, 2.75) is 45.7 Å². The molecule has 3 N–H and O–H groups in total. The lowest BCUT2D eigenvalue weighted by atomic mass is 9.86. The van der Waals surface area contributed by atoms with Gasteiger partial charge >= 0.3 is 0 Å². The number of nitrogens with zero attached hydrogens (tertiary/aromatic N) is 1. The fourth-order valence-corrected chi connectivity index (χ4v) is 2.92. The minimum absolute atomic E-state index is 0.0105. The zero-order chi connectivity index (χ0) is 21.8. The van der Waals surface area contributed by atoms with Crippen molar-refractivity contribution < 1.29 is 14.4 Å². The zero-order valence-electron chi connectivity index (χ0n) is 17.7. The molecular weight excluding hydrogens is 366 g/mol. The number of hydrogen-bond acceptors (Lipinski definition) is 3. The summed E-state index contributed by atoms with van der Waals surface area (Å²) < 4.78 is 0. The van der Waals surface area contributed by atoms with E-state index in [2.05, 4.69) is 26.1 Å². The number of rotatable bonds is 6. The van der Waals surface area contributed by atoms with Crippen LogP contribution in [0.5, 0.6) is 0 Å². The Morgan fingerprint density at radius 1 is 0.966 bits per heavy atom. The first-order chi connectivity index (χ1) is 13.5. The third kappa shape index (κ3) is 5.91. The van der Waals surface area contributed by atoms with E-state index in [0.717, 1.165) is 11.1 Å². The molecule has 2 aromatic carbocycles. The number of carbonyl (C=O) groups excluding carboxylic acids is 3.